The summed E-state index contributed by atoms with van der Waals surface area (Å²) in [5.41, 5.74) is 7.71. The van der Waals surface area contributed by atoms with Crippen LogP contribution in [0, 0.1) is 0 Å². The second-order valence-electron chi connectivity index (χ2n) is 5.20. The van der Waals surface area contributed by atoms with Gasteiger partial charge < -0.3 is 20.2 Å². The van der Waals surface area contributed by atoms with E-state index in [2.05, 4.69) is 37.2 Å². The maximum atomic E-state index is 12.4. The summed E-state index contributed by atoms with van der Waals surface area (Å²) in [5.74, 6) is 1.00. The highest BCUT2D eigenvalue weighted by Gasteiger charge is 2.14. The first-order valence-corrected chi connectivity index (χ1v) is 8.86. The quantitative estimate of drug-likeness (QED) is 0.511. The molecule has 1 amide bonds. The van der Waals surface area contributed by atoms with Gasteiger partial charge in [0.05, 0.1) is 12.8 Å². The molecule has 128 valence electrons. The summed E-state index contributed by atoms with van der Waals surface area (Å²) >= 11 is 6.90. The molecule has 0 bridgehead atoms. The zero-order chi connectivity index (χ0) is 18.0. The van der Waals surface area contributed by atoms with Gasteiger partial charge in [0, 0.05) is 20.2 Å². The number of rotatable bonds is 4. The number of ether oxygens (including phenoxy) is 1. The summed E-state index contributed by atoms with van der Waals surface area (Å²) in [6, 6.07) is 14.1. The summed E-state index contributed by atoms with van der Waals surface area (Å²) in [4.78, 5) is 12.4. The predicted molar refractivity (Wildman–Crippen MR) is 105 cm³/mol. The minimum atomic E-state index is -0.357. The molecule has 3 N–H and O–H groups in total. The molecule has 0 radical (unpaired) electrons. The number of methoxy groups -OCH3 is 1. The molecule has 2 aromatic carbocycles. The van der Waals surface area contributed by atoms with Crippen LogP contribution in [0.15, 0.2) is 61.9 Å². The van der Waals surface area contributed by atoms with Crippen molar-refractivity contribution < 1.29 is 13.9 Å². The van der Waals surface area contributed by atoms with Crippen molar-refractivity contribution in [3.05, 3.63) is 63.2 Å². The van der Waals surface area contributed by atoms with E-state index in [1.54, 1.807) is 30.3 Å². The van der Waals surface area contributed by atoms with Crippen LogP contribution in [0.2, 0.25) is 0 Å². The monoisotopic (exact) mass is 464 g/mol. The van der Waals surface area contributed by atoms with Crippen LogP contribution in [0.4, 0.5) is 11.4 Å². The standard InChI is InChI=1S/C18H14Br2N2O3/c1-24-16-5-3-11(9-14(16)21)22-18(23)17-7-6-15(25-17)12-4-2-10(19)8-13(12)20/h2-9H,21H2,1H3,(H,22,23). The average molecular weight is 466 g/mol. The van der Waals surface area contributed by atoms with Gasteiger partial charge in [-0.3, -0.25) is 4.79 Å². The van der Waals surface area contributed by atoms with Gasteiger partial charge in [0.2, 0.25) is 0 Å². The molecule has 0 aliphatic carbocycles. The summed E-state index contributed by atoms with van der Waals surface area (Å²) in [6.07, 6.45) is 0. The summed E-state index contributed by atoms with van der Waals surface area (Å²) in [5, 5.41) is 2.75. The number of nitrogens with one attached hydrogen (secondary N) is 1. The molecule has 1 heterocycles. The van der Waals surface area contributed by atoms with E-state index in [-0.39, 0.29) is 11.7 Å². The fourth-order valence-corrected chi connectivity index (χ4v) is 3.54. The number of carbonyl (C=O) groups is 1. The van der Waals surface area contributed by atoms with Crippen molar-refractivity contribution in [3.63, 3.8) is 0 Å². The number of nitrogens with two attached hydrogens (primary N) is 1. The molecular formula is C18H14Br2N2O3. The molecule has 0 saturated heterocycles. The minimum absolute atomic E-state index is 0.208. The zero-order valence-corrected chi connectivity index (χ0v) is 16.3. The highest BCUT2D eigenvalue weighted by atomic mass is 79.9. The molecule has 0 aliphatic rings. The van der Waals surface area contributed by atoms with Crippen LogP contribution in [0.1, 0.15) is 10.6 Å². The van der Waals surface area contributed by atoms with E-state index in [4.69, 9.17) is 14.9 Å². The number of furan rings is 1. The average Bonchev–Trinajstić information content (AvgIpc) is 3.05. The van der Waals surface area contributed by atoms with Gasteiger partial charge in [-0.2, -0.15) is 0 Å². The Kier molecular flexibility index (Phi) is 5.15. The molecule has 1 aromatic heterocycles. The van der Waals surface area contributed by atoms with Crippen LogP contribution < -0.4 is 15.8 Å². The fourth-order valence-electron chi connectivity index (χ4n) is 2.30. The molecule has 3 rings (SSSR count). The number of nitrogen functional groups attached to an aromatic ring is 1. The Hall–Kier alpha value is -2.25. The van der Waals surface area contributed by atoms with Crippen molar-refractivity contribution in [1.29, 1.82) is 0 Å². The molecule has 0 fully saturated rings. The largest absolute Gasteiger partial charge is 0.495 e. The van der Waals surface area contributed by atoms with Gasteiger partial charge >= 0.3 is 0 Å². The second kappa shape index (κ2) is 7.33. The Labute approximate surface area is 161 Å². The van der Waals surface area contributed by atoms with E-state index in [0.29, 0.717) is 22.9 Å². The third-order valence-corrected chi connectivity index (χ3v) is 4.66. The van der Waals surface area contributed by atoms with Crippen molar-refractivity contribution >= 4 is 49.1 Å². The van der Waals surface area contributed by atoms with Gasteiger partial charge in [-0.25, -0.2) is 0 Å². The van der Waals surface area contributed by atoms with Crippen LogP contribution in [-0.2, 0) is 0 Å². The van der Waals surface area contributed by atoms with E-state index in [1.165, 1.54) is 7.11 Å². The normalized spacial score (nSPS) is 10.5. The van der Waals surface area contributed by atoms with Gasteiger partial charge in [-0.15, -0.1) is 0 Å². The molecule has 0 spiro atoms. The Balaban J connectivity index is 1.80. The van der Waals surface area contributed by atoms with E-state index in [0.717, 1.165) is 14.5 Å². The maximum Gasteiger partial charge on any atom is 0.291 e. The molecule has 0 unspecified atom stereocenters. The third kappa shape index (κ3) is 3.88. The number of amides is 1. The van der Waals surface area contributed by atoms with E-state index < -0.39 is 0 Å². The number of carbonyl (C=O) groups excluding carboxylic acids is 1. The number of halogens is 2. The lowest BCUT2D eigenvalue weighted by atomic mass is 10.2. The van der Waals surface area contributed by atoms with Gasteiger partial charge in [0.1, 0.15) is 11.5 Å². The molecule has 3 aromatic rings. The van der Waals surface area contributed by atoms with Crippen LogP contribution in [0.5, 0.6) is 5.75 Å². The molecule has 0 saturated carbocycles. The number of hydrogen-bond acceptors (Lipinski definition) is 4. The lowest BCUT2D eigenvalue weighted by Crippen LogP contribution is -2.11. The Bertz CT molecular complexity index is 938. The van der Waals surface area contributed by atoms with Crippen LogP contribution in [0.3, 0.4) is 0 Å². The minimum Gasteiger partial charge on any atom is -0.495 e. The Morgan fingerprint density at radius 3 is 2.60 bits per heavy atom. The molecule has 7 heteroatoms. The predicted octanol–water partition coefficient (Wildman–Crippen LogP) is 5.31. The highest BCUT2D eigenvalue weighted by Crippen LogP contribution is 2.32. The van der Waals surface area contributed by atoms with Crippen molar-refractivity contribution in [2.45, 2.75) is 0 Å². The molecule has 5 nitrogen and oxygen atoms in total. The van der Waals surface area contributed by atoms with Crippen LogP contribution in [-0.4, -0.2) is 13.0 Å². The van der Waals surface area contributed by atoms with Gasteiger partial charge in [-0.1, -0.05) is 15.9 Å². The smallest absolute Gasteiger partial charge is 0.291 e. The Morgan fingerprint density at radius 1 is 1.12 bits per heavy atom. The van der Waals surface area contributed by atoms with Gasteiger partial charge in [-0.05, 0) is 64.5 Å². The Morgan fingerprint density at radius 2 is 1.92 bits per heavy atom. The summed E-state index contributed by atoms with van der Waals surface area (Å²) in [6.45, 7) is 0. The molecule has 0 atom stereocenters. The maximum absolute atomic E-state index is 12.4. The SMILES string of the molecule is COc1ccc(NC(=O)c2ccc(-c3ccc(Br)cc3Br)o2)cc1N. The summed E-state index contributed by atoms with van der Waals surface area (Å²) in [7, 11) is 1.54. The zero-order valence-electron chi connectivity index (χ0n) is 13.2. The number of hydrogen-bond donors (Lipinski definition) is 2. The van der Waals surface area contributed by atoms with E-state index in [1.807, 2.05) is 18.2 Å². The van der Waals surface area contributed by atoms with Crippen molar-refractivity contribution in [1.82, 2.24) is 0 Å². The number of benzene rings is 2. The molecular weight excluding hydrogens is 452 g/mol. The van der Waals surface area contributed by atoms with Crippen LogP contribution >= 0.6 is 31.9 Å². The lowest BCUT2D eigenvalue weighted by Gasteiger charge is -2.08. The lowest BCUT2D eigenvalue weighted by molar-refractivity contribution is 0.0997. The second-order valence-corrected chi connectivity index (χ2v) is 6.97. The van der Waals surface area contributed by atoms with E-state index in [9.17, 15) is 4.79 Å². The first-order valence-electron chi connectivity index (χ1n) is 7.28. The molecule has 25 heavy (non-hydrogen) atoms. The van der Waals surface area contributed by atoms with Crippen molar-refractivity contribution in [2.75, 3.05) is 18.2 Å². The van der Waals surface area contributed by atoms with Crippen LogP contribution in [0.25, 0.3) is 11.3 Å². The van der Waals surface area contributed by atoms with Crippen molar-refractivity contribution in [3.8, 4) is 17.1 Å². The topological polar surface area (TPSA) is 77.5 Å². The van der Waals surface area contributed by atoms with Gasteiger partial charge in [0.25, 0.3) is 5.91 Å². The molecule has 0 aliphatic heterocycles. The third-order valence-electron chi connectivity index (χ3n) is 3.51. The summed E-state index contributed by atoms with van der Waals surface area (Å²) < 4.78 is 12.6. The first kappa shape index (κ1) is 17.6. The van der Waals surface area contributed by atoms with E-state index >= 15 is 0 Å². The first-order chi connectivity index (χ1) is 12.0. The van der Waals surface area contributed by atoms with Crippen molar-refractivity contribution in [2.24, 2.45) is 0 Å². The highest BCUT2D eigenvalue weighted by molar-refractivity contribution is 9.11. The fraction of sp³-hybridized carbons (Fsp3) is 0.0556. The van der Waals surface area contributed by atoms with Gasteiger partial charge in [0.15, 0.2) is 5.76 Å². The number of anilines is 2.